The average Bonchev–Trinajstić information content (AvgIpc) is 3.04. The molecule has 8 nitrogen and oxygen atoms in total. The van der Waals surface area contributed by atoms with E-state index < -0.39 is 19.1 Å². The summed E-state index contributed by atoms with van der Waals surface area (Å²) in [7, 11) is -0.963. The molecule has 10 heteroatoms. The molecule has 1 amide bonds. The van der Waals surface area contributed by atoms with Crippen LogP contribution < -0.4 is 15.5 Å². The molecule has 0 unspecified atom stereocenters. The van der Waals surface area contributed by atoms with Crippen LogP contribution in [0.25, 0.3) is 0 Å². The van der Waals surface area contributed by atoms with Gasteiger partial charge in [-0.2, -0.15) is 13.5 Å². The van der Waals surface area contributed by atoms with Crippen LogP contribution in [0.3, 0.4) is 0 Å². The summed E-state index contributed by atoms with van der Waals surface area (Å²) in [6.45, 7) is 5.45. The number of aliphatic hydroxyl groups excluding tert-OH is 1. The van der Waals surface area contributed by atoms with E-state index in [1.54, 1.807) is 6.07 Å². The van der Waals surface area contributed by atoms with E-state index >= 15 is 0 Å². The Morgan fingerprint density at radius 2 is 2.26 bits per heavy atom. The molecule has 142 valence electrons. The third-order valence-electron chi connectivity index (χ3n) is 4.07. The molecule has 0 saturated heterocycles. The van der Waals surface area contributed by atoms with Crippen LogP contribution in [-0.2, 0) is 11.3 Å². The Morgan fingerprint density at radius 1 is 1.48 bits per heavy atom. The highest BCUT2D eigenvalue weighted by molar-refractivity contribution is 7.59. The topological polar surface area (TPSA) is 114 Å². The van der Waals surface area contributed by atoms with Gasteiger partial charge in [0.2, 0.25) is 5.88 Å². The predicted molar refractivity (Wildman–Crippen MR) is 105 cm³/mol. The predicted octanol–water partition coefficient (Wildman–Crippen LogP) is 0.185. The number of hydrogen-bond acceptors (Lipinski definition) is 7. The van der Waals surface area contributed by atoms with Gasteiger partial charge in [0.05, 0.1) is 31.6 Å². The zero-order chi connectivity index (χ0) is 18.7. The van der Waals surface area contributed by atoms with Crippen molar-refractivity contribution in [1.82, 2.24) is 15.3 Å². The lowest BCUT2D eigenvalue weighted by Gasteiger charge is -2.12. The highest BCUT2D eigenvalue weighted by Gasteiger charge is 2.30. The highest BCUT2D eigenvalue weighted by atomic mass is 32.1. The van der Waals surface area contributed by atoms with Gasteiger partial charge in [-0.05, 0) is 29.6 Å². The van der Waals surface area contributed by atoms with E-state index in [4.69, 9.17) is 14.5 Å². The third kappa shape index (κ3) is 4.48. The van der Waals surface area contributed by atoms with Gasteiger partial charge < -0.3 is 24.8 Å². The Bertz CT molecular complexity index is 834. The van der Waals surface area contributed by atoms with Gasteiger partial charge in [0.15, 0.2) is 0 Å². The monoisotopic (exact) mass is 389 g/mol. The maximum atomic E-state index is 12.0. The summed E-state index contributed by atoms with van der Waals surface area (Å²) in [5, 5.41) is 21.5. The molecule has 0 bridgehead atoms. The van der Waals surface area contributed by atoms with E-state index in [2.05, 4.69) is 21.9 Å². The number of amides is 1. The lowest BCUT2D eigenvalue weighted by molar-refractivity contribution is 0.0924. The molecule has 3 N–H and O–H groups in total. The van der Waals surface area contributed by atoms with Gasteiger partial charge in [0.25, 0.3) is 5.91 Å². The number of ether oxygens (including phenoxy) is 1. The zero-order valence-electron chi connectivity index (χ0n) is 14.7. The molecule has 1 aromatic heterocycles. The fraction of sp³-hybridized carbons (Fsp3) is 0.235. The molecule has 0 radical (unpaired) electrons. The second kappa shape index (κ2) is 9.00. The second-order valence-corrected chi connectivity index (χ2v) is 5.77. The normalized spacial score (nSPS) is 13.4. The van der Waals surface area contributed by atoms with E-state index in [0.29, 0.717) is 17.8 Å². The van der Waals surface area contributed by atoms with Crippen molar-refractivity contribution in [3.05, 3.63) is 54.0 Å². The van der Waals surface area contributed by atoms with Crippen molar-refractivity contribution in [2.45, 2.75) is 19.6 Å². The van der Waals surface area contributed by atoms with Gasteiger partial charge in [0, 0.05) is 0 Å². The number of aliphatic hydroxyl groups is 1. The molecule has 0 spiro atoms. The lowest BCUT2D eigenvalue weighted by atomic mass is 9.76. The first-order chi connectivity index (χ1) is 12.5. The van der Waals surface area contributed by atoms with Crippen molar-refractivity contribution in [2.24, 2.45) is 0 Å². The van der Waals surface area contributed by atoms with Gasteiger partial charge in [-0.1, -0.05) is 12.1 Å². The zero-order valence-corrected chi connectivity index (χ0v) is 15.7. The van der Waals surface area contributed by atoms with E-state index in [-0.39, 0.29) is 31.7 Å². The van der Waals surface area contributed by atoms with Crippen LogP contribution in [0.1, 0.15) is 21.6 Å². The van der Waals surface area contributed by atoms with Crippen LogP contribution in [0, 0.1) is 6.92 Å². The van der Waals surface area contributed by atoms with Gasteiger partial charge in [-0.15, -0.1) is 6.58 Å². The van der Waals surface area contributed by atoms with Crippen LogP contribution in [0.15, 0.2) is 37.2 Å². The number of rotatable bonds is 6. The third-order valence-corrected chi connectivity index (χ3v) is 4.07. The minimum atomic E-state index is -0.963. The first kappa shape index (κ1) is 20.9. The van der Waals surface area contributed by atoms with Crippen molar-refractivity contribution in [3.63, 3.8) is 0 Å². The number of nitrogens with one attached hydrogen (secondary N) is 1. The molecule has 1 aliphatic heterocycles. The number of carbonyl (C=O) groups excluding carboxylic acids is 1. The maximum Gasteiger partial charge on any atom is 0.492 e. The van der Waals surface area contributed by atoms with Crippen molar-refractivity contribution in [1.29, 1.82) is 0 Å². The van der Waals surface area contributed by atoms with Gasteiger partial charge in [-0.3, -0.25) is 4.79 Å². The van der Waals surface area contributed by atoms with Gasteiger partial charge in [0.1, 0.15) is 11.4 Å². The van der Waals surface area contributed by atoms with E-state index in [9.17, 15) is 9.82 Å². The largest absolute Gasteiger partial charge is 0.492 e. The standard InChI is InChI=1S/C17H18BN3O5.H2S/c1-3-12(8-22)21-17(23)13-6-20-15(7-19-13)26-14-5-4-11-9-25-18(24)16(11)10(14)2;/h3-7,12,22,24H,1,8-9H2,2H3,(H,21,23);1H2/t12-;/m0./s1. The molecule has 2 aromatic rings. The van der Waals surface area contributed by atoms with E-state index in [1.807, 2.05) is 13.0 Å². The summed E-state index contributed by atoms with van der Waals surface area (Å²) in [5.74, 6) is 0.254. The lowest BCUT2D eigenvalue weighted by Crippen LogP contribution is -2.36. The van der Waals surface area contributed by atoms with Crippen LogP contribution in [0.2, 0.25) is 0 Å². The second-order valence-electron chi connectivity index (χ2n) is 5.77. The first-order valence-corrected chi connectivity index (χ1v) is 7.99. The first-order valence-electron chi connectivity index (χ1n) is 7.99. The Hall–Kier alpha value is -2.40. The van der Waals surface area contributed by atoms with Crippen molar-refractivity contribution in [2.75, 3.05) is 6.61 Å². The number of nitrogens with zero attached hydrogens (tertiary/aromatic N) is 2. The maximum absolute atomic E-state index is 12.0. The minimum absolute atomic E-state index is 0. The molecule has 1 aliphatic rings. The number of fused-ring (bicyclic) bond motifs is 1. The Balaban J connectivity index is 0.00000261. The molecule has 0 fully saturated rings. The number of carbonyl (C=O) groups is 1. The van der Waals surface area contributed by atoms with Crippen LogP contribution >= 0.6 is 13.5 Å². The van der Waals surface area contributed by atoms with Crippen LogP contribution in [-0.4, -0.2) is 45.8 Å². The number of aromatic nitrogens is 2. The Kier molecular flexibility index (Phi) is 6.97. The Morgan fingerprint density at radius 3 is 2.89 bits per heavy atom. The fourth-order valence-corrected chi connectivity index (χ4v) is 2.62. The average molecular weight is 389 g/mol. The SMILES string of the molecule is C=C[C@@H](CO)NC(=O)c1cnc(Oc2ccc3c(c2C)B(O)OC3)cn1.S. The summed E-state index contributed by atoms with van der Waals surface area (Å²) >= 11 is 0. The van der Waals surface area contributed by atoms with Crippen LogP contribution in [0.5, 0.6) is 11.6 Å². The van der Waals surface area contributed by atoms with Crippen molar-refractivity contribution < 1.29 is 24.3 Å². The molecule has 0 saturated carbocycles. The molecule has 1 aromatic carbocycles. The molecular formula is C17H20BN3O5S. The van der Waals surface area contributed by atoms with E-state index in [0.717, 1.165) is 11.1 Å². The molecule has 1 atom stereocenters. The minimum Gasteiger partial charge on any atom is -0.437 e. The van der Waals surface area contributed by atoms with Crippen molar-refractivity contribution in [3.8, 4) is 11.6 Å². The number of benzene rings is 1. The smallest absolute Gasteiger partial charge is 0.437 e. The summed E-state index contributed by atoms with van der Waals surface area (Å²) in [6.07, 6.45) is 4.04. The molecule has 2 heterocycles. The molecule has 0 aliphatic carbocycles. The highest BCUT2D eigenvalue weighted by Crippen LogP contribution is 2.25. The summed E-state index contributed by atoms with van der Waals surface area (Å²) < 4.78 is 10.9. The van der Waals surface area contributed by atoms with Crippen LogP contribution in [0.4, 0.5) is 0 Å². The number of hydrogen-bond donors (Lipinski definition) is 3. The molecular weight excluding hydrogens is 369 g/mol. The summed E-state index contributed by atoms with van der Waals surface area (Å²) in [5.41, 5.74) is 2.46. The van der Waals surface area contributed by atoms with Gasteiger partial charge in [-0.25, -0.2) is 9.97 Å². The van der Waals surface area contributed by atoms with Crippen molar-refractivity contribution >= 4 is 32.0 Å². The molecule has 3 rings (SSSR count). The fourth-order valence-electron chi connectivity index (χ4n) is 2.62. The van der Waals surface area contributed by atoms with Gasteiger partial charge >= 0.3 is 7.12 Å². The molecule has 27 heavy (non-hydrogen) atoms. The Labute approximate surface area is 163 Å². The van der Waals surface area contributed by atoms with E-state index in [1.165, 1.54) is 18.5 Å². The summed E-state index contributed by atoms with van der Waals surface area (Å²) in [6, 6.07) is 3.05. The quantitative estimate of drug-likeness (QED) is 0.477. The summed E-state index contributed by atoms with van der Waals surface area (Å²) in [4.78, 5) is 20.1.